The van der Waals surface area contributed by atoms with Crippen LogP contribution in [0.2, 0.25) is 0 Å². The predicted molar refractivity (Wildman–Crippen MR) is 98.6 cm³/mol. The highest BCUT2D eigenvalue weighted by Crippen LogP contribution is 2.20. The van der Waals surface area contributed by atoms with Crippen molar-refractivity contribution in [1.82, 2.24) is 19.8 Å². The molecule has 2 aliphatic heterocycles. The fourth-order valence-electron chi connectivity index (χ4n) is 3.41. The molecule has 26 heavy (non-hydrogen) atoms. The summed E-state index contributed by atoms with van der Waals surface area (Å²) in [6.07, 6.45) is 3.17. The first kappa shape index (κ1) is 16.8. The van der Waals surface area contributed by atoms with Crippen molar-refractivity contribution < 1.29 is 9.21 Å². The fourth-order valence-corrected chi connectivity index (χ4v) is 3.41. The first-order chi connectivity index (χ1) is 12.7. The first-order valence-electron chi connectivity index (χ1n) is 9.04. The van der Waals surface area contributed by atoms with Gasteiger partial charge in [-0.15, -0.1) is 0 Å². The van der Waals surface area contributed by atoms with Crippen LogP contribution in [0, 0.1) is 0 Å². The van der Waals surface area contributed by atoms with Gasteiger partial charge in [0.05, 0.1) is 6.26 Å². The molecule has 0 unspecified atom stereocenters. The van der Waals surface area contributed by atoms with Crippen LogP contribution in [0.5, 0.6) is 0 Å². The second-order valence-electron chi connectivity index (χ2n) is 6.78. The normalized spacial score (nSPS) is 19.0. The topological polar surface area (TPSA) is 69.0 Å². The summed E-state index contributed by atoms with van der Waals surface area (Å²) in [5.74, 6) is 2.27. The van der Waals surface area contributed by atoms with Gasteiger partial charge in [0.25, 0.3) is 5.91 Å². The Bertz CT molecular complexity index is 734. The number of nitrogens with zero attached hydrogens (tertiary/aromatic N) is 6. The fraction of sp³-hybridized carbons (Fsp3) is 0.500. The van der Waals surface area contributed by atoms with Gasteiger partial charge in [-0.25, -0.2) is 9.97 Å². The van der Waals surface area contributed by atoms with Gasteiger partial charge in [0.15, 0.2) is 5.76 Å². The maximum absolute atomic E-state index is 12.4. The van der Waals surface area contributed by atoms with E-state index in [1.54, 1.807) is 18.5 Å². The van der Waals surface area contributed by atoms with E-state index in [9.17, 15) is 4.79 Å². The standard InChI is InChI=1S/C18H24N6O2/c1-21-4-6-22(7-5-21)16-13-17(20-14-19-16)23-8-10-24(11-9-23)18(25)15-3-2-12-26-15/h2-3,12-14H,4-11H2,1H3. The lowest BCUT2D eigenvalue weighted by Gasteiger charge is -2.36. The Hall–Kier alpha value is -2.61. The molecule has 2 aliphatic rings. The summed E-state index contributed by atoms with van der Waals surface area (Å²) in [6.45, 7) is 6.90. The van der Waals surface area contributed by atoms with Gasteiger partial charge < -0.3 is 24.0 Å². The molecule has 0 atom stereocenters. The molecule has 8 nitrogen and oxygen atoms in total. The van der Waals surface area contributed by atoms with Crippen molar-refractivity contribution in [3.63, 3.8) is 0 Å². The third-order valence-corrected chi connectivity index (χ3v) is 5.09. The van der Waals surface area contributed by atoms with Crippen molar-refractivity contribution in [2.24, 2.45) is 0 Å². The first-order valence-corrected chi connectivity index (χ1v) is 9.04. The van der Waals surface area contributed by atoms with Crippen LogP contribution in [0.3, 0.4) is 0 Å². The van der Waals surface area contributed by atoms with Crippen molar-refractivity contribution in [3.05, 3.63) is 36.5 Å². The lowest BCUT2D eigenvalue weighted by Crippen LogP contribution is -2.49. The molecule has 4 heterocycles. The van der Waals surface area contributed by atoms with Gasteiger partial charge in [-0.3, -0.25) is 4.79 Å². The number of hydrogen-bond acceptors (Lipinski definition) is 7. The third kappa shape index (κ3) is 3.50. The minimum Gasteiger partial charge on any atom is -0.459 e. The highest BCUT2D eigenvalue weighted by molar-refractivity contribution is 5.91. The Kier molecular flexibility index (Phi) is 4.75. The number of rotatable bonds is 3. The van der Waals surface area contributed by atoms with Crippen LogP contribution in [0.1, 0.15) is 10.6 Å². The molecule has 2 fully saturated rings. The lowest BCUT2D eigenvalue weighted by atomic mass is 10.2. The summed E-state index contributed by atoms with van der Waals surface area (Å²) in [7, 11) is 2.15. The zero-order valence-electron chi connectivity index (χ0n) is 15.0. The van der Waals surface area contributed by atoms with E-state index in [4.69, 9.17) is 4.42 Å². The minimum absolute atomic E-state index is 0.0459. The monoisotopic (exact) mass is 356 g/mol. The summed E-state index contributed by atoms with van der Waals surface area (Å²) < 4.78 is 5.22. The van der Waals surface area contributed by atoms with Crippen LogP contribution in [0.4, 0.5) is 11.6 Å². The number of aromatic nitrogens is 2. The maximum Gasteiger partial charge on any atom is 0.289 e. The summed E-state index contributed by atoms with van der Waals surface area (Å²) in [6, 6.07) is 5.51. The Balaban J connectivity index is 1.38. The van der Waals surface area contributed by atoms with Gasteiger partial charge in [0.2, 0.25) is 0 Å². The summed E-state index contributed by atoms with van der Waals surface area (Å²) in [4.78, 5) is 30.0. The molecule has 0 N–H and O–H groups in total. The third-order valence-electron chi connectivity index (χ3n) is 5.09. The number of carbonyl (C=O) groups excluding carboxylic acids is 1. The molecule has 8 heteroatoms. The number of amides is 1. The molecule has 1 amide bonds. The average molecular weight is 356 g/mol. The Morgan fingerprint density at radius 3 is 2.15 bits per heavy atom. The number of hydrogen-bond donors (Lipinski definition) is 0. The second-order valence-corrected chi connectivity index (χ2v) is 6.78. The highest BCUT2D eigenvalue weighted by atomic mass is 16.3. The van der Waals surface area contributed by atoms with Crippen molar-refractivity contribution in [2.45, 2.75) is 0 Å². The average Bonchev–Trinajstić information content (AvgIpc) is 3.23. The van der Waals surface area contributed by atoms with Crippen LogP contribution in [-0.4, -0.2) is 85.1 Å². The van der Waals surface area contributed by atoms with Crippen molar-refractivity contribution >= 4 is 17.5 Å². The number of furan rings is 1. The Morgan fingerprint density at radius 1 is 0.962 bits per heavy atom. The predicted octanol–water partition coefficient (Wildman–Crippen LogP) is 0.784. The molecule has 2 aromatic heterocycles. The summed E-state index contributed by atoms with van der Waals surface area (Å²) >= 11 is 0. The molecule has 2 aromatic rings. The zero-order valence-corrected chi connectivity index (χ0v) is 15.0. The summed E-state index contributed by atoms with van der Waals surface area (Å²) in [5.41, 5.74) is 0. The number of anilines is 2. The number of carbonyl (C=O) groups is 1. The van der Waals surface area contributed by atoms with E-state index in [0.717, 1.165) is 50.9 Å². The van der Waals surface area contributed by atoms with Crippen LogP contribution in [0.25, 0.3) is 0 Å². The summed E-state index contributed by atoms with van der Waals surface area (Å²) in [5, 5.41) is 0. The molecular formula is C18H24N6O2. The molecule has 0 aliphatic carbocycles. The smallest absolute Gasteiger partial charge is 0.289 e. The SMILES string of the molecule is CN1CCN(c2cc(N3CCN(C(=O)c4ccco4)CC3)ncn2)CC1. The minimum atomic E-state index is -0.0459. The van der Waals surface area contributed by atoms with Gasteiger partial charge >= 0.3 is 0 Å². The molecule has 2 saturated heterocycles. The van der Waals surface area contributed by atoms with Crippen molar-refractivity contribution in [2.75, 3.05) is 69.2 Å². The van der Waals surface area contributed by atoms with E-state index in [0.29, 0.717) is 18.8 Å². The lowest BCUT2D eigenvalue weighted by molar-refractivity contribution is 0.0714. The molecule has 0 bridgehead atoms. The van der Waals surface area contributed by atoms with Crippen LogP contribution >= 0.6 is 0 Å². The van der Waals surface area contributed by atoms with Gasteiger partial charge in [0.1, 0.15) is 18.0 Å². The quantitative estimate of drug-likeness (QED) is 0.805. The molecule has 0 saturated carbocycles. The van der Waals surface area contributed by atoms with E-state index in [2.05, 4.69) is 37.8 Å². The van der Waals surface area contributed by atoms with Gasteiger partial charge in [-0.2, -0.15) is 0 Å². The molecular weight excluding hydrogens is 332 g/mol. The van der Waals surface area contributed by atoms with Crippen molar-refractivity contribution in [1.29, 1.82) is 0 Å². The van der Waals surface area contributed by atoms with E-state index < -0.39 is 0 Å². The van der Waals surface area contributed by atoms with Gasteiger partial charge in [-0.1, -0.05) is 0 Å². The molecule has 0 aromatic carbocycles. The zero-order chi connectivity index (χ0) is 17.9. The van der Waals surface area contributed by atoms with Gasteiger partial charge in [-0.05, 0) is 19.2 Å². The van der Waals surface area contributed by atoms with Crippen LogP contribution in [0.15, 0.2) is 35.2 Å². The Labute approximate surface area is 153 Å². The second kappa shape index (κ2) is 7.33. The largest absolute Gasteiger partial charge is 0.459 e. The highest BCUT2D eigenvalue weighted by Gasteiger charge is 2.25. The molecule has 138 valence electrons. The Morgan fingerprint density at radius 2 is 1.58 bits per heavy atom. The molecule has 4 rings (SSSR count). The van der Waals surface area contributed by atoms with Gasteiger partial charge in [0, 0.05) is 58.4 Å². The molecule has 0 spiro atoms. The number of piperazine rings is 2. The van der Waals surface area contributed by atoms with E-state index >= 15 is 0 Å². The maximum atomic E-state index is 12.4. The molecule has 0 radical (unpaired) electrons. The van der Waals surface area contributed by atoms with E-state index in [1.165, 1.54) is 6.26 Å². The van der Waals surface area contributed by atoms with Crippen molar-refractivity contribution in [3.8, 4) is 0 Å². The van der Waals surface area contributed by atoms with E-state index in [-0.39, 0.29) is 5.91 Å². The van der Waals surface area contributed by atoms with Crippen LogP contribution in [-0.2, 0) is 0 Å². The van der Waals surface area contributed by atoms with Crippen LogP contribution < -0.4 is 9.80 Å². The van der Waals surface area contributed by atoms with E-state index in [1.807, 2.05) is 4.90 Å². The number of likely N-dealkylation sites (N-methyl/N-ethyl adjacent to an activating group) is 1.